The maximum absolute atomic E-state index is 12.4. The van der Waals surface area contributed by atoms with Gasteiger partial charge in [-0.25, -0.2) is 4.98 Å². The van der Waals surface area contributed by atoms with E-state index in [1.807, 2.05) is 16.8 Å². The lowest BCUT2D eigenvalue weighted by atomic mass is 9.81. The van der Waals surface area contributed by atoms with Crippen molar-refractivity contribution in [1.82, 2.24) is 25.5 Å². The average Bonchev–Trinajstić information content (AvgIpc) is 3.33. The molecule has 0 atom stereocenters. The summed E-state index contributed by atoms with van der Waals surface area (Å²) >= 11 is 0. The van der Waals surface area contributed by atoms with Crippen molar-refractivity contribution in [3.05, 3.63) is 54.6 Å². The standard InChI is InChI=1S/C23H31N5O3/c29-21(16-27-23(31)19-5-2-1-3-6-19)26-15-18-7-9-20(10-8-18)22(30)25-11-4-13-28-14-12-24-17-28/h1-3,5-6,12,14,17-18,20H,4,7-11,13,15-16H2,(H,25,30)(H,26,29)(H,27,31). The monoisotopic (exact) mass is 425 g/mol. The lowest BCUT2D eigenvalue weighted by molar-refractivity contribution is -0.126. The van der Waals surface area contributed by atoms with Crippen molar-refractivity contribution in [3.63, 3.8) is 0 Å². The molecule has 0 spiro atoms. The summed E-state index contributed by atoms with van der Waals surface area (Å²) in [5.74, 6) is 0.121. The van der Waals surface area contributed by atoms with Crippen LogP contribution in [-0.4, -0.2) is 46.9 Å². The zero-order valence-corrected chi connectivity index (χ0v) is 17.8. The first-order valence-corrected chi connectivity index (χ1v) is 10.9. The van der Waals surface area contributed by atoms with E-state index >= 15 is 0 Å². The van der Waals surface area contributed by atoms with Crippen molar-refractivity contribution in [1.29, 1.82) is 0 Å². The molecule has 3 rings (SSSR count). The van der Waals surface area contributed by atoms with Gasteiger partial charge in [-0.15, -0.1) is 0 Å². The van der Waals surface area contributed by atoms with Crippen molar-refractivity contribution >= 4 is 17.7 Å². The van der Waals surface area contributed by atoms with Crippen LogP contribution < -0.4 is 16.0 Å². The molecule has 8 heteroatoms. The number of aryl methyl sites for hydroxylation is 1. The van der Waals surface area contributed by atoms with Gasteiger partial charge in [0.2, 0.25) is 11.8 Å². The van der Waals surface area contributed by atoms with Crippen LogP contribution in [-0.2, 0) is 16.1 Å². The van der Waals surface area contributed by atoms with Gasteiger partial charge in [0, 0.05) is 43.5 Å². The molecule has 8 nitrogen and oxygen atoms in total. The number of carbonyl (C=O) groups is 3. The lowest BCUT2D eigenvalue weighted by Crippen LogP contribution is -2.40. The number of nitrogens with one attached hydrogen (secondary N) is 3. The van der Waals surface area contributed by atoms with E-state index in [0.29, 0.717) is 24.6 Å². The summed E-state index contributed by atoms with van der Waals surface area (Å²) in [6.45, 7) is 2.06. The Labute approximate surface area is 182 Å². The van der Waals surface area contributed by atoms with Crippen molar-refractivity contribution in [2.24, 2.45) is 11.8 Å². The molecule has 1 fully saturated rings. The summed E-state index contributed by atoms with van der Waals surface area (Å²) in [5.41, 5.74) is 0.536. The molecule has 1 saturated carbocycles. The van der Waals surface area contributed by atoms with Crippen molar-refractivity contribution in [2.75, 3.05) is 19.6 Å². The third-order valence-corrected chi connectivity index (χ3v) is 5.70. The number of hydrogen-bond donors (Lipinski definition) is 3. The molecule has 0 radical (unpaired) electrons. The average molecular weight is 426 g/mol. The van der Waals surface area contributed by atoms with Crippen molar-refractivity contribution < 1.29 is 14.4 Å². The van der Waals surface area contributed by atoms with Crippen LogP contribution in [0.15, 0.2) is 49.1 Å². The Balaban J connectivity index is 1.25. The minimum absolute atomic E-state index is 0.0372. The van der Waals surface area contributed by atoms with Gasteiger partial charge in [0.1, 0.15) is 0 Å². The number of benzene rings is 1. The Bertz CT molecular complexity index is 830. The summed E-state index contributed by atoms with van der Waals surface area (Å²) in [7, 11) is 0. The molecule has 1 aromatic heterocycles. The number of amides is 3. The molecule has 0 saturated heterocycles. The van der Waals surface area contributed by atoms with Gasteiger partial charge in [-0.3, -0.25) is 14.4 Å². The summed E-state index contributed by atoms with van der Waals surface area (Å²) in [6, 6.07) is 8.83. The first-order chi connectivity index (χ1) is 15.1. The van der Waals surface area contributed by atoms with Gasteiger partial charge in [-0.1, -0.05) is 18.2 Å². The molecule has 1 aromatic carbocycles. The third-order valence-electron chi connectivity index (χ3n) is 5.70. The maximum atomic E-state index is 12.4. The normalized spacial score (nSPS) is 18.2. The van der Waals surface area contributed by atoms with Gasteiger partial charge in [0.15, 0.2) is 0 Å². The second-order valence-electron chi connectivity index (χ2n) is 8.02. The number of rotatable bonds is 10. The molecule has 3 amide bonds. The Morgan fingerprint density at radius 2 is 1.77 bits per heavy atom. The quantitative estimate of drug-likeness (QED) is 0.504. The molecule has 2 aromatic rings. The second-order valence-corrected chi connectivity index (χ2v) is 8.02. The van der Waals surface area contributed by atoms with E-state index in [1.54, 1.807) is 36.8 Å². The number of carbonyl (C=O) groups excluding carboxylic acids is 3. The van der Waals surface area contributed by atoms with Crippen LogP contribution in [0.3, 0.4) is 0 Å². The third kappa shape index (κ3) is 7.55. The highest BCUT2D eigenvalue weighted by Gasteiger charge is 2.26. The molecule has 31 heavy (non-hydrogen) atoms. The highest BCUT2D eigenvalue weighted by molar-refractivity contribution is 5.96. The fourth-order valence-electron chi connectivity index (χ4n) is 3.84. The number of hydrogen-bond acceptors (Lipinski definition) is 4. The van der Waals surface area contributed by atoms with E-state index in [2.05, 4.69) is 20.9 Å². The zero-order chi connectivity index (χ0) is 21.9. The van der Waals surface area contributed by atoms with Crippen LogP contribution in [0.1, 0.15) is 42.5 Å². The number of nitrogens with zero attached hydrogens (tertiary/aromatic N) is 2. The van der Waals surface area contributed by atoms with Crippen molar-refractivity contribution in [3.8, 4) is 0 Å². The van der Waals surface area contributed by atoms with Crippen LogP contribution in [0.5, 0.6) is 0 Å². The van der Waals surface area contributed by atoms with Gasteiger partial charge >= 0.3 is 0 Å². The highest BCUT2D eigenvalue weighted by Crippen LogP contribution is 2.28. The Morgan fingerprint density at radius 3 is 2.48 bits per heavy atom. The van der Waals surface area contributed by atoms with Crippen molar-refractivity contribution in [2.45, 2.75) is 38.6 Å². The second kappa shape index (κ2) is 11.9. The minimum atomic E-state index is -0.257. The van der Waals surface area contributed by atoms with E-state index < -0.39 is 0 Å². The largest absolute Gasteiger partial charge is 0.356 e. The minimum Gasteiger partial charge on any atom is -0.356 e. The Hall–Kier alpha value is -3.16. The molecule has 1 aliphatic rings. The first-order valence-electron chi connectivity index (χ1n) is 10.9. The molecule has 1 aliphatic carbocycles. The summed E-state index contributed by atoms with van der Waals surface area (Å²) < 4.78 is 2.00. The van der Waals surface area contributed by atoms with E-state index in [1.165, 1.54) is 0 Å². The van der Waals surface area contributed by atoms with E-state index in [-0.39, 0.29) is 30.2 Å². The summed E-state index contributed by atoms with van der Waals surface area (Å²) in [4.78, 5) is 40.4. The van der Waals surface area contributed by atoms with Crippen LogP contribution >= 0.6 is 0 Å². The molecule has 3 N–H and O–H groups in total. The fourth-order valence-corrected chi connectivity index (χ4v) is 3.84. The van der Waals surface area contributed by atoms with E-state index in [9.17, 15) is 14.4 Å². The zero-order valence-electron chi connectivity index (χ0n) is 17.8. The topological polar surface area (TPSA) is 105 Å². The number of imidazole rings is 1. The fraction of sp³-hybridized carbons (Fsp3) is 0.478. The molecule has 0 aliphatic heterocycles. The molecule has 0 bridgehead atoms. The van der Waals surface area contributed by atoms with E-state index in [4.69, 9.17) is 0 Å². The lowest BCUT2D eigenvalue weighted by Gasteiger charge is -2.28. The molecule has 1 heterocycles. The molecule has 0 unspecified atom stereocenters. The van der Waals surface area contributed by atoms with Gasteiger partial charge < -0.3 is 20.5 Å². The predicted molar refractivity (Wildman–Crippen MR) is 117 cm³/mol. The summed E-state index contributed by atoms with van der Waals surface area (Å²) in [5, 5.41) is 8.57. The van der Waals surface area contributed by atoms with E-state index in [0.717, 1.165) is 38.6 Å². The molecular weight excluding hydrogens is 394 g/mol. The molecule has 166 valence electrons. The van der Waals surface area contributed by atoms with Gasteiger partial charge in [0.25, 0.3) is 5.91 Å². The van der Waals surface area contributed by atoms with Crippen LogP contribution in [0, 0.1) is 11.8 Å². The van der Waals surface area contributed by atoms with Crippen LogP contribution in [0.2, 0.25) is 0 Å². The smallest absolute Gasteiger partial charge is 0.251 e. The Morgan fingerprint density at radius 1 is 1.00 bits per heavy atom. The molecular formula is C23H31N5O3. The Kier molecular flexibility index (Phi) is 8.63. The predicted octanol–water partition coefficient (Wildman–Crippen LogP) is 1.74. The van der Waals surface area contributed by atoms with Crippen LogP contribution in [0.4, 0.5) is 0 Å². The SMILES string of the molecule is O=C(CNC(=O)c1ccccc1)NCC1CCC(C(=O)NCCCn2ccnc2)CC1. The summed E-state index contributed by atoms with van der Waals surface area (Å²) in [6.07, 6.45) is 9.85. The van der Waals surface area contributed by atoms with Gasteiger partial charge in [-0.05, 0) is 50.2 Å². The first kappa shape index (κ1) is 22.5. The maximum Gasteiger partial charge on any atom is 0.251 e. The van der Waals surface area contributed by atoms with Crippen LogP contribution in [0.25, 0.3) is 0 Å². The highest BCUT2D eigenvalue weighted by atomic mass is 16.2. The van der Waals surface area contributed by atoms with Gasteiger partial charge in [0.05, 0.1) is 12.9 Å². The van der Waals surface area contributed by atoms with Gasteiger partial charge in [-0.2, -0.15) is 0 Å². The number of aromatic nitrogens is 2.